The van der Waals surface area contributed by atoms with E-state index in [0.717, 1.165) is 0 Å². The van der Waals surface area contributed by atoms with E-state index in [1.807, 2.05) is 12.1 Å². The summed E-state index contributed by atoms with van der Waals surface area (Å²) in [5.41, 5.74) is 8.55. The van der Waals surface area contributed by atoms with Gasteiger partial charge in [-0.05, 0) is 41.5 Å². The number of anilines is 1. The number of nitrogens with zero attached hydrogens (tertiary/aromatic N) is 2. The first kappa shape index (κ1) is 16.2. The molecule has 5 heteroatoms. The lowest BCUT2D eigenvalue weighted by atomic mass is 9.89. The van der Waals surface area contributed by atoms with Crippen LogP contribution in [-0.2, 0) is 0 Å². The van der Waals surface area contributed by atoms with E-state index in [-0.39, 0.29) is 16.8 Å². The number of nitrogens with two attached hydrogens (primary N) is 1. The van der Waals surface area contributed by atoms with E-state index in [2.05, 4.69) is 0 Å². The van der Waals surface area contributed by atoms with Gasteiger partial charge in [0.1, 0.15) is 23.8 Å². The van der Waals surface area contributed by atoms with Gasteiger partial charge >= 0.3 is 0 Å². The standard InChI is InChI=1S/C20H11F2N3/c21-14-5-1-12(2-6-14)16-9-17(13-3-7-15(22)8-4-13)19(11-24)20(25)18(16)10-23/h1-9H,25H2. The van der Waals surface area contributed by atoms with E-state index in [9.17, 15) is 19.3 Å². The molecule has 0 aliphatic carbocycles. The number of benzene rings is 3. The van der Waals surface area contributed by atoms with Crippen LogP contribution in [0.4, 0.5) is 14.5 Å². The molecule has 0 spiro atoms. The fraction of sp³-hybridized carbons (Fsp3) is 0. The molecule has 0 radical (unpaired) electrons. The van der Waals surface area contributed by atoms with Gasteiger partial charge in [-0.25, -0.2) is 8.78 Å². The minimum absolute atomic E-state index is 0.0474. The molecule has 0 heterocycles. The Bertz CT molecular complexity index is 943. The summed E-state index contributed by atoms with van der Waals surface area (Å²) in [7, 11) is 0. The number of hydrogen-bond acceptors (Lipinski definition) is 3. The van der Waals surface area contributed by atoms with Crippen LogP contribution in [0.25, 0.3) is 22.3 Å². The van der Waals surface area contributed by atoms with Crippen LogP contribution in [0.15, 0.2) is 54.6 Å². The Morgan fingerprint density at radius 2 is 1.04 bits per heavy atom. The Morgan fingerprint density at radius 1 is 0.680 bits per heavy atom. The molecular formula is C20H11F2N3. The molecule has 3 aromatic carbocycles. The highest BCUT2D eigenvalue weighted by Crippen LogP contribution is 2.37. The van der Waals surface area contributed by atoms with Crippen LogP contribution in [0, 0.1) is 34.3 Å². The molecule has 2 N–H and O–H groups in total. The van der Waals surface area contributed by atoms with Crippen molar-refractivity contribution in [3.63, 3.8) is 0 Å². The van der Waals surface area contributed by atoms with Crippen molar-refractivity contribution < 1.29 is 8.78 Å². The second-order valence-corrected chi connectivity index (χ2v) is 5.37. The fourth-order valence-corrected chi connectivity index (χ4v) is 2.66. The lowest BCUT2D eigenvalue weighted by molar-refractivity contribution is 0.627. The Morgan fingerprint density at radius 3 is 1.36 bits per heavy atom. The van der Waals surface area contributed by atoms with E-state index in [1.54, 1.807) is 6.07 Å². The summed E-state index contributed by atoms with van der Waals surface area (Å²) < 4.78 is 26.4. The van der Waals surface area contributed by atoms with Crippen LogP contribution in [-0.4, -0.2) is 0 Å². The molecule has 0 aromatic heterocycles. The van der Waals surface area contributed by atoms with E-state index in [0.29, 0.717) is 22.3 Å². The Kier molecular flexibility index (Phi) is 4.16. The van der Waals surface area contributed by atoms with Gasteiger partial charge in [-0.1, -0.05) is 24.3 Å². The smallest absolute Gasteiger partial charge is 0.123 e. The zero-order chi connectivity index (χ0) is 18.0. The van der Waals surface area contributed by atoms with E-state index in [4.69, 9.17) is 5.73 Å². The molecule has 25 heavy (non-hydrogen) atoms. The largest absolute Gasteiger partial charge is 0.397 e. The van der Waals surface area contributed by atoms with Crippen LogP contribution >= 0.6 is 0 Å². The summed E-state index contributed by atoms with van der Waals surface area (Å²) in [6.45, 7) is 0. The first-order chi connectivity index (χ1) is 12.0. The molecule has 3 rings (SSSR count). The first-order valence-corrected chi connectivity index (χ1v) is 7.33. The summed E-state index contributed by atoms with van der Waals surface area (Å²) in [5.74, 6) is -0.801. The SMILES string of the molecule is N#Cc1c(-c2ccc(F)cc2)cc(-c2ccc(F)cc2)c(C#N)c1N. The molecule has 0 fully saturated rings. The summed E-state index contributed by atoms with van der Waals surface area (Å²) in [5, 5.41) is 18.9. The first-order valence-electron chi connectivity index (χ1n) is 7.33. The van der Waals surface area contributed by atoms with Gasteiger partial charge in [-0.2, -0.15) is 10.5 Å². The van der Waals surface area contributed by atoms with Crippen molar-refractivity contribution in [1.29, 1.82) is 10.5 Å². The maximum absolute atomic E-state index is 13.2. The number of halogens is 2. The molecule has 0 amide bonds. The number of nitriles is 2. The summed E-state index contributed by atoms with van der Waals surface area (Å²) in [6.07, 6.45) is 0. The lowest BCUT2D eigenvalue weighted by Crippen LogP contribution is -2.00. The average molecular weight is 331 g/mol. The highest BCUT2D eigenvalue weighted by Gasteiger charge is 2.18. The second kappa shape index (κ2) is 6.43. The number of rotatable bonds is 2. The maximum Gasteiger partial charge on any atom is 0.123 e. The minimum Gasteiger partial charge on any atom is -0.397 e. The lowest BCUT2D eigenvalue weighted by Gasteiger charge is -2.14. The van der Waals surface area contributed by atoms with Crippen molar-refractivity contribution >= 4 is 5.69 Å². The Balaban J connectivity index is 2.33. The van der Waals surface area contributed by atoms with Crippen LogP contribution in [0.1, 0.15) is 11.1 Å². The van der Waals surface area contributed by atoms with Crippen molar-refractivity contribution in [3.8, 4) is 34.4 Å². The monoisotopic (exact) mass is 331 g/mol. The zero-order valence-electron chi connectivity index (χ0n) is 12.9. The number of nitrogen functional groups attached to an aromatic ring is 1. The third-order valence-corrected chi connectivity index (χ3v) is 3.90. The molecular weight excluding hydrogens is 320 g/mol. The summed E-state index contributed by atoms with van der Waals surface area (Å²) in [4.78, 5) is 0. The van der Waals surface area contributed by atoms with Crippen molar-refractivity contribution in [3.05, 3.63) is 77.4 Å². The van der Waals surface area contributed by atoms with Gasteiger partial charge in [0.05, 0.1) is 16.8 Å². The normalized spacial score (nSPS) is 10.1. The molecule has 3 nitrogen and oxygen atoms in total. The van der Waals surface area contributed by atoms with E-state index < -0.39 is 11.6 Å². The molecule has 120 valence electrons. The van der Waals surface area contributed by atoms with Crippen LogP contribution in [0.3, 0.4) is 0 Å². The van der Waals surface area contributed by atoms with Gasteiger partial charge in [0.15, 0.2) is 0 Å². The maximum atomic E-state index is 13.2. The molecule has 0 atom stereocenters. The van der Waals surface area contributed by atoms with Crippen molar-refractivity contribution in [1.82, 2.24) is 0 Å². The van der Waals surface area contributed by atoms with Crippen molar-refractivity contribution in [2.24, 2.45) is 0 Å². The minimum atomic E-state index is -0.400. The summed E-state index contributed by atoms with van der Waals surface area (Å²) >= 11 is 0. The number of hydrogen-bond donors (Lipinski definition) is 1. The van der Waals surface area contributed by atoms with Gasteiger partial charge in [0.2, 0.25) is 0 Å². The predicted octanol–water partition coefficient (Wildman–Crippen LogP) is 4.62. The van der Waals surface area contributed by atoms with E-state index in [1.165, 1.54) is 48.5 Å². The van der Waals surface area contributed by atoms with Gasteiger partial charge in [0, 0.05) is 11.1 Å². The summed E-state index contributed by atoms with van der Waals surface area (Å²) in [6, 6.07) is 16.9. The highest BCUT2D eigenvalue weighted by molar-refractivity contribution is 5.89. The van der Waals surface area contributed by atoms with Gasteiger partial charge in [-0.15, -0.1) is 0 Å². The quantitative estimate of drug-likeness (QED) is 0.696. The molecule has 3 aromatic rings. The third-order valence-electron chi connectivity index (χ3n) is 3.90. The van der Waals surface area contributed by atoms with Crippen molar-refractivity contribution in [2.45, 2.75) is 0 Å². The van der Waals surface area contributed by atoms with Crippen LogP contribution < -0.4 is 5.73 Å². The Labute approximate surface area is 143 Å². The molecule has 0 unspecified atom stereocenters. The van der Waals surface area contributed by atoms with Crippen LogP contribution in [0.2, 0.25) is 0 Å². The van der Waals surface area contributed by atoms with Crippen LogP contribution in [0.5, 0.6) is 0 Å². The topological polar surface area (TPSA) is 73.6 Å². The highest BCUT2D eigenvalue weighted by atomic mass is 19.1. The average Bonchev–Trinajstić information content (AvgIpc) is 2.62. The van der Waals surface area contributed by atoms with Gasteiger partial charge < -0.3 is 5.73 Å². The predicted molar refractivity (Wildman–Crippen MR) is 91.1 cm³/mol. The third kappa shape index (κ3) is 2.91. The molecule has 0 aliphatic heterocycles. The molecule has 0 aliphatic rings. The molecule has 0 bridgehead atoms. The second-order valence-electron chi connectivity index (χ2n) is 5.37. The molecule has 0 saturated heterocycles. The van der Waals surface area contributed by atoms with Gasteiger partial charge in [-0.3, -0.25) is 0 Å². The zero-order valence-corrected chi connectivity index (χ0v) is 12.9. The fourth-order valence-electron chi connectivity index (χ4n) is 2.66. The Hall–Kier alpha value is -3.70. The molecule has 0 saturated carbocycles. The van der Waals surface area contributed by atoms with Crippen molar-refractivity contribution in [2.75, 3.05) is 5.73 Å². The van der Waals surface area contributed by atoms with E-state index >= 15 is 0 Å². The van der Waals surface area contributed by atoms with Gasteiger partial charge in [0.25, 0.3) is 0 Å².